The summed E-state index contributed by atoms with van der Waals surface area (Å²) in [6, 6.07) is 12.6. The van der Waals surface area contributed by atoms with Crippen molar-refractivity contribution in [3.8, 4) is 5.75 Å². The van der Waals surface area contributed by atoms with Gasteiger partial charge in [0.2, 0.25) is 0 Å². The lowest BCUT2D eigenvalue weighted by Crippen LogP contribution is -2.16. The molecule has 0 unspecified atom stereocenters. The van der Waals surface area contributed by atoms with E-state index in [9.17, 15) is 9.59 Å². The molecule has 1 aliphatic rings. The van der Waals surface area contributed by atoms with Gasteiger partial charge in [0.05, 0.1) is 25.2 Å². The van der Waals surface area contributed by atoms with E-state index in [0.29, 0.717) is 34.3 Å². The highest BCUT2D eigenvalue weighted by atomic mass is 16.5. The molecule has 0 fully saturated rings. The molecule has 0 saturated heterocycles. The summed E-state index contributed by atoms with van der Waals surface area (Å²) >= 11 is 0. The van der Waals surface area contributed by atoms with Crippen LogP contribution in [0.3, 0.4) is 0 Å². The molecule has 28 heavy (non-hydrogen) atoms. The fraction of sp³-hybridized carbons (Fsp3) is 0.217. The summed E-state index contributed by atoms with van der Waals surface area (Å²) in [5.74, 6) is 0.921. The fourth-order valence-electron chi connectivity index (χ4n) is 3.65. The first-order valence-corrected chi connectivity index (χ1v) is 9.14. The molecule has 0 bridgehead atoms. The predicted molar refractivity (Wildman–Crippen MR) is 108 cm³/mol. The second-order valence-electron chi connectivity index (χ2n) is 6.71. The van der Waals surface area contributed by atoms with Crippen LogP contribution >= 0.6 is 0 Å². The van der Waals surface area contributed by atoms with E-state index >= 15 is 0 Å². The van der Waals surface area contributed by atoms with E-state index in [1.54, 1.807) is 25.3 Å². The summed E-state index contributed by atoms with van der Waals surface area (Å²) in [5, 5.41) is 0.403. The Morgan fingerprint density at radius 1 is 1.11 bits per heavy atom. The highest BCUT2D eigenvalue weighted by molar-refractivity contribution is 5.94. The van der Waals surface area contributed by atoms with Crippen molar-refractivity contribution in [2.24, 2.45) is 0 Å². The fourth-order valence-corrected chi connectivity index (χ4v) is 3.65. The van der Waals surface area contributed by atoms with Gasteiger partial charge in [-0.25, -0.2) is 4.79 Å². The van der Waals surface area contributed by atoms with Gasteiger partial charge in [-0.05, 0) is 55.2 Å². The average molecular weight is 376 g/mol. The zero-order valence-corrected chi connectivity index (χ0v) is 15.8. The van der Waals surface area contributed by atoms with Gasteiger partial charge >= 0.3 is 5.97 Å². The van der Waals surface area contributed by atoms with Gasteiger partial charge in [0.15, 0.2) is 5.43 Å². The molecule has 1 aromatic heterocycles. The monoisotopic (exact) mass is 376 g/mol. The van der Waals surface area contributed by atoms with Crippen LogP contribution in [-0.2, 0) is 11.2 Å². The zero-order valence-electron chi connectivity index (χ0n) is 15.8. The standard InChI is InChI=1S/C23H20O5/c1-26-19-9-4-3-6-14(19)12-15-7-5-8-17-21(24)18-13-16(23(25)27-2)10-11-20(18)28-22(15)17/h3-4,6,9-13H,5,7-8H2,1-2H3. The molecule has 0 spiro atoms. The van der Waals surface area contributed by atoms with Gasteiger partial charge in [-0.3, -0.25) is 4.79 Å². The Hall–Kier alpha value is -3.34. The van der Waals surface area contributed by atoms with E-state index in [1.165, 1.54) is 7.11 Å². The normalized spacial score (nSPS) is 14.7. The summed E-state index contributed by atoms with van der Waals surface area (Å²) in [5.41, 5.74) is 3.28. The molecule has 0 N–H and O–H groups in total. The maximum absolute atomic E-state index is 13.1. The highest BCUT2D eigenvalue weighted by Gasteiger charge is 2.23. The van der Waals surface area contributed by atoms with Crippen LogP contribution in [-0.4, -0.2) is 20.2 Å². The summed E-state index contributed by atoms with van der Waals surface area (Å²) in [4.78, 5) is 24.9. The summed E-state index contributed by atoms with van der Waals surface area (Å²) in [6.45, 7) is 0. The van der Waals surface area contributed by atoms with E-state index in [2.05, 4.69) is 0 Å². The number of methoxy groups -OCH3 is 2. The minimum Gasteiger partial charge on any atom is -0.496 e. The first-order chi connectivity index (χ1) is 13.6. The van der Waals surface area contributed by atoms with Gasteiger partial charge in [0.25, 0.3) is 0 Å². The topological polar surface area (TPSA) is 65.7 Å². The second-order valence-corrected chi connectivity index (χ2v) is 6.71. The Bertz CT molecular complexity index is 1150. The average Bonchev–Trinajstić information content (AvgIpc) is 2.74. The summed E-state index contributed by atoms with van der Waals surface area (Å²) in [6.07, 6.45) is 4.36. The molecule has 1 heterocycles. The Balaban J connectivity index is 1.89. The molecule has 142 valence electrons. The van der Waals surface area contributed by atoms with E-state index < -0.39 is 5.97 Å². The van der Waals surface area contributed by atoms with Crippen molar-refractivity contribution in [3.63, 3.8) is 0 Å². The number of hydrogen-bond acceptors (Lipinski definition) is 5. The maximum Gasteiger partial charge on any atom is 0.337 e. The van der Waals surface area contributed by atoms with Gasteiger partial charge in [0, 0.05) is 11.1 Å². The Morgan fingerprint density at radius 3 is 2.71 bits per heavy atom. The molecule has 3 aromatic rings. The number of carbonyl (C=O) groups is 1. The van der Waals surface area contributed by atoms with Crippen LogP contribution in [0.1, 0.15) is 40.1 Å². The summed E-state index contributed by atoms with van der Waals surface area (Å²) < 4.78 is 16.3. The van der Waals surface area contributed by atoms with Crippen LogP contribution in [0.5, 0.6) is 5.75 Å². The SMILES string of the molecule is COC(=O)c1ccc2oc3c(c(=O)c2c1)CCCC3=Cc1ccccc1OC. The Kier molecular flexibility index (Phi) is 4.74. The van der Waals surface area contributed by atoms with Crippen molar-refractivity contribution in [1.82, 2.24) is 0 Å². The molecular formula is C23H20O5. The number of ether oxygens (including phenoxy) is 2. The minimum absolute atomic E-state index is 0.0902. The second kappa shape index (κ2) is 7.35. The largest absolute Gasteiger partial charge is 0.496 e. The quantitative estimate of drug-likeness (QED) is 0.631. The molecule has 0 aliphatic heterocycles. The maximum atomic E-state index is 13.1. The number of para-hydroxylation sites is 1. The highest BCUT2D eigenvalue weighted by Crippen LogP contribution is 2.34. The lowest BCUT2D eigenvalue weighted by molar-refractivity contribution is 0.0601. The van der Waals surface area contributed by atoms with Gasteiger partial charge in [-0.15, -0.1) is 0 Å². The first kappa shape index (κ1) is 18.0. The van der Waals surface area contributed by atoms with Crippen molar-refractivity contribution in [3.05, 3.63) is 75.1 Å². The third-order valence-corrected chi connectivity index (χ3v) is 5.04. The van der Waals surface area contributed by atoms with Crippen LogP contribution in [0.4, 0.5) is 0 Å². The van der Waals surface area contributed by atoms with Gasteiger partial charge in [-0.1, -0.05) is 18.2 Å². The van der Waals surface area contributed by atoms with E-state index in [-0.39, 0.29) is 5.43 Å². The molecule has 0 saturated carbocycles. The van der Waals surface area contributed by atoms with Gasteiger partial charge in [0.1, 0.15) is 17.1 Å². The smallest absolute Gasteiger partial charge is 0.337 e. The van der Waals surface area contributed by atoms with Crippen LogP contribution < -0.4 is 10.2 Å². The number of allylic oxidation sites excluding steroid dienone is 1. The summed E-state index contributed by atoms with van der Waals surface area (Å²) in [7, 11) is 2.95. The van der Waals surface area contributed by atoms with Crippen molar-refractivity contribution >= 4 is 28.6 Å². The molecule has 1 aliphatic carbocycles. The van der Waals surface area contributed by atoms with E-state index in [0.717, 1.165) is 29.7 Å². The molecule has 0 radical (unpaired) electrons. The van der Waals surface area contributed by atoms with Crippen LogP contribution in [0, 0.1) is 0 Å². The first-order valence-electron chi connectivity index (χ1n) is 9.14. The Morgan fingerprint density at radius 2 is 1.93 bits per heavy atom. The van der Waals surface area contributed by atoms with Crippen LogP contribution in [0.25, 0.3) is 22.6 Å². The molecule has 0 atom stereocenters. The lowest BCUT2D eigenvalue weighted by atomic mass is 9.90. The van der Waals surface area contributed by atoms with Crippen molar-refractivity contribution < 1.29 is 18.7 Å². The third-order valence-electron chi connectivity index (χ3n) is 5.04. The molecule has 0 amide bonds. The lowest BCUT2D eigenvalue weighted by Gasteiger charge is -2.18. The van der Waals surface area contributed by atoms with Gasteiger partial charge < -0.3 is 13.9 Å². The van der Waals surface area contributed by atoms with Crippen molar-refractivity contribution in [1.29, 1.82) is 0 Å². The minimum atomic E-state index is -0.476. The number of rotatable bonds is 3. The van der Waals surface area contributed by atoms with Gasteiger partial charge in [-0.2, -0.15) is 0 Å². The number of carbonyl (C=O) groups excluding carboxylic acids is 1. The van der Waals surface area contributed by atoms with E-state index in [1.807, 2.05) is 30.3 Å². The number of benzene rings is 2. The van der Waals surface area contributed by atoms with Crippen molar-refractivity contribution in [2.75, 3.05) is 14.2 Å². The molecule has 5 nitrogen and oxygen atoms in total. The number of hydrogen-bond donors (Lipinski definition) is 0. The molecule has 4 rings (SSSR count). The zero-order chi connectivity index (χ0) is 19.7. The number of esters is 1. The van der Waals surface area contributed by atoms with Crippen molar-refractivity contribution in [2.45, 2.75) is 19.3 Å². The molecule has 5 heteroatoms. The van der Waals surface area contributed by atoms with Crippen LogP contribution in [0.15, 0.2) is 51.7 Å². The van der Waals surface area contributed by atoms with E-state index in [4.69, 9.17) is 13.9 Å². The third kappa shape index (κ3) is 3.09. The molecule has 2 aromatic carbocycles. The molecular weight excluding hydrogens is 356 g/mol. The van der Waals surface area contributed by atoms with Crippen LogP contribution in [0.2, 0.25) is 0 Å². The number of fused-ring (bicyclic) bond motifs is 2. The predicted octanol–water partition coefficient (Wildman–Crippen LogP) is 4.47. The Labute approximate surface area is 162 Å².